The van der Waals surface area contributed by atoms with Gasteiger partial charge >= 0.3 is 5.97 Å². The van der Waals surface area contributed by atoms with E-state index >= 15 is 0 Å². The van der Waals surface area contributed by atoms with Crippen LogP contribution in [0.5, 0.6) is 0 Å². The SMILES string of the molecule is CCCC(CCO)CNC(=O)[C@@H]1CC[C@H](C(=O)O)C1. The van der Waals surface area contributed by atoms with Crippen LogP contribution in [0.4, 0.5) is 0 Å². The van der Waals surface area contributed by atoms with Crippen molar-refractivity contribution in [3.05, 3.63) is 0 Å². The van der Waals surface area contributed by atoms with Crippen LogP contribution < -0.4 is 5.32 Å². The highest BCUT2D eigenvalue weighted by Gasteiger charge is 2.33. The van der Waals surface area contributed by atoms with Crippen LogP contribution in [0, 0.1) is 17.8 Å². The van der Waals surface area contributed by atoms with E-state index in [1.807, 2.05) is 0 Å². The number of aliphatic hydroxyl groups is 1. The highest BCUT2D eigenvalue weighted by Crippen LogP contribution is 2.31. The molecule has 0 radical (unpaired) electrons. The predicted octanol–water partition coefficient (Wildman–Crippen LogP) is 1.40. The van der Waals surface area contributed by atoms with Crippen LogP contribution in [-0.4, -0.2) is 35.2 Å². The summed E-state index contributed by atoms with van der Waals surface area (Å²) < 4.78 is 0. The number of amides is 1. The van der Waals surface area contributed by atoms with E-state index in [9.17, 15) is 9.59 Å². The Labute approximate surface area is 114 Å². The molecule has 3 N–H and O–H groups in total. The molecule has 1 rings (SSSR count). The standard InChI is InChI=1S/C14H25NO4/c1-2-3-10(6-7-16)9-15-13(17)11-4-5-12(8-11)14(18)19/h10-12,16H,2-9H2,1H3,(H,15,17)(H,18,19)/t10?,11-,12+/m1/s1. The Morgan fingerprint density at radius 1 is 1.26 bits per heavy atom. The number of carbonyl (C=O) groups excluding carboxylic acids is 1. The second-order valence-electron chi connectivity index (χ2n) is 5.46. The van der Waals surface area contributed by atoms with Gasteiger partial charge in [-0.2, -0.15) is 0 Å². The van der Waals surface area contributed by atoms with Crippen LogP contribution in [0.1, 0.15) is 45.4 Å². The molecule has 1 aliphatic carbocycles. The lowest BCUT2D eigenvalue weighted by Gasteiger charge is -2.17. The van der Waals surface area contributed by atoms with Gasteiger partial charge in [0.2, 0.25) is 5.91 Å². The van der Waals surface area contributed by atoms with Gasteiger partial charge in [-0.15, -0.1) is 0 Å². The lowest BCUT2D eigenvalue weighted by Crippen LogP contribution is -2.34. The average Bonchev–Trinajstić information content (AvgIpc) is 2.86. The smallest absolute Gasteiger partial charge is 0.306 e. The van der Waals surface area contributed by atoms with E-state index in [1.54, 1.807) is 0 Å². The monoisotopic (exact) mass is 271 g/mol. The Hall–Kier alpha value is -1.10. The molecule has 5 heteroatoms. The van der Waals surface area contributed by atoms with Crippen molar-refractivity contribution in [2.45, 2.75) is 45.4 Å². The topological polar surface area (TPSA) is 86.6 Å². The number of carbonyl (C=O) groups is 2. The summed E-state index contributed by atoms with van der Waals surface area (Å²) in [4.78, 5) is 22.8. The van der Waals surface area contributed by atoms with Gasteiger partial charge in [-0.25, -0.2) is 0 Å². The maximum atomic E-state index is 12.0. The summed E-state index contributed by atoms with van der Waals surface area (Å²) in [6.07, 6.45) is 4.45. The zero-order valence-corrected chi connectivity index (χ0v) is 11.6. The molecule has 0 spiro atoms. The Kier molecular flexibility index (Phi) is 6.84. The van der Waals surface area contributed by atoms with Crippen molar-refractivity contribution in [3.8, 4) is 0 Å². The molecule has 5 nitrogen and oxygen atoms in total. The maximum absolute atomic E-state index is 12.0. The molecule has 0 aromatic rings. The van der Waals surface area contributed by atoms with Crippen LogP contribution in [0.3, 0.4) is 0 Å². The number of hydrogen-bond donors (Lipinski definition) is 3. The molecule has 0 aromatic heterocycles. The number of carboxylic acids is 1. The van der Waals surface area contributed by atoms with E-state index < -0.39 is 5.97 Å². The molecule has 1 aliphatic rings. The summed E-state index contributed by atoms with van der Waals surface area (Å²) >= 11 is 0. The van der Waals surface area contributed by atoms with Gasteiger partial charge in [0.1, 0.15) is 0 Å². The van der Waals surface area contributed by atoms with Crippen molar-refractivity contribution < 1.29 is 19.8 Å². The Balaban J connectivity index is 2.32. The average molecular weight is 271 g/mol. The number of aliphatic carboxylic acids is 1. The molecule has 19 heavy (non-hydrogen) atoms. The van der Waals surface area contributed by atoms with Gasteiger partial charge in [-0.1, -0.05) is 13.3 Å². The lowest BCUT2D eigenvalue weighted by atomic mass is 9.99. The first-order valence-electron chi connectivity index (χ1n) is 7.19. The fourth-order valence-electron chi connectivity index (χ4n) is 2.77. The summed E-state index contributed by atoms with van der Waals surface area (Å²) in [6.45, 7) is 2.81. The Morgan fingerprint density at radius 3 is 2.47 bits per heavy atom. The molecule has 0 aromatic carbocycles. The second-order valence-corrected chi connectivity index (χ2v) is 5.46. The largest absolute Gasteiger partial charge is 0.481 e. The van der Waals surface area contributed by atoms with Crippen molar-refractivity contribution in [2.24, 2.45) is 17.8 Å². The van der Waals surface area contributed by atoms with Crippen molar-refractivity contribution in [3.63, 3.8) is 0 Å². The van der Waals surface area contributed by atoms with Gasteiger partial charge in [0.25, 0.3) is 0 Å². The zero-order valence-electron chi connectivity index (χ0n) is 11.6. The molecule has 1 fully saturated rings. The number of carboxylic acid groups (broad SMARTS) is 1. The molecule has 0 heterocycles. The molecule has 1 unspecified atom stereocenters. The van der Waals surface area contributed by atoms with E-state index in [4.69, 9.17) is 10.2 Å². The van der Waals surface area contributed by atoms with E-state index in [0.29, 0.717) is 38.1 Å². The lowest BCUT2D eigenvalue weighted by molar-refractivity contribution is -0.141. The zero-order chi connectivity index (χ0) is 14.3. The fraction of sp³-hybridized carbons (Fsp3) is 0.857. The van der Waals surface area contributed by atoms with Crippen LogP contribution in [0.2, 0.25) is 0 Å². The van der Waals surface area contributed by atoms with E-state index in [0.717, 1.165) is 12.8 Å². The molecular weight excluding hydrogens is 246 g/mol. The number of nitrogens with one attached hydrogen (secondary N) is 1. The van der Waals surface area contributed by atoms with E-state index in [1.165, 1.54) is 0 Å². The molecular formula is C14H25NO4. The van der Waals surface area contributed by atoms with Crippen molar-refractivity contribution in [2.75, 3.05) is 13.2 Å². The van der Waals surface area contributed by atoms with Crippen LogP contribution in [0.25, 0.3) is 0 Å². The molecule has 3 atom stereocenters. The summed E-state index contributed by atoms with van der Waals surface area (Å²) in [7, 11) is 0. The van der Waals surface area contributed by atoms with Crippen LogP contribution >= 0.6 is 0 Å². The third-order valence-corrected chi connectivity index (χ3v) is 3.95. The summed E-state index contributed by atoms with van der Waals surface area (Å²) in [5.41, 5.74) is 0. The summed E-state index contributed by atoms with van der Waals surface area (Å²) in [5.74, 6) is -1.02. The minimum Gasteiger partial charge on any atom is -0.481 e. The molecule has 1 saturated carbocycles. The summed E-state index contributed by atoms with van der Waals surface area (Å²) in [6, 6.07) is 0. The molecule has 1 amide bonds. The van der Waals surface area contributed by atoms with Crippen molar-refractivity contribution in [1.82, 2.24) is 5.32 Å². The van der Waals surface area contributed by atoms with Gasteiger partial charge in [-0.3, -0.25) is 9.59 Å². The highest BCUT2D eigenvalue weighted by atomic mass is 16.4. The highest BCUT2D eigenvalue weighted by molar-refractivity contribution is 5.80. The maximum Gasteiger partial charge on any atom is 0.306 e. The first-order valence-corrected chi connectivity index (χ1v) is 7.19. The minimum absolute atomic E-state index is 0.0252. The minimum atomic E-state index is -0.792. The predicted molar refractivity (Wildman–Crippen MR) is 71.6 cm³/mol. The van der Waals surface area contributed by atoms with Gasteiger partial charge in [0.05, 0.1) is 5.92 Å². The molecule has 0 saturated heterocycles. The van der Waals surface area contributed by atoms with Crippen LogP contribution in [-0.2, 0) is 9.59 Å². The van der Waals surface area contributed by atoms with Gasteiger partial charge in [0.15, 0.2) is 0 Å². The van der Waals surface area contributed by atoms with E-state index in [2.05, 4.69) is 12.2 Å². The first kappa shape index (κ1) is 16.0. The van der Waals surface area contributed by atoms with Crippen LogP contribution in [0.15, 0.2) is 0 Å². The number of aliphatic hydroxyl groups excluding tert-OH is 1. The van der Waals surface area contributed by atoms with E-state index in [-0.39, 0.29) is 24.3 Å². The number of hydrogen-bond acceptors (Lipinski definition) is 3. The quantitative estimate of drug-likeness (QED) is 0.623. The van der Waals surface area contributed by atoms with Crippen molar-refractivity contribution >= 4 is 11.9 Å². The number of rotatable bonds is 8. The third kappa shape index (κ3) is 5.19. The first-order chi connectivity index (χ1) is 9.08. The van der Waals surface area contributed by atoms with Gasteiger partial charge in [0, 0.05) is 19.1 Å². The van der Waals surface area contributed by atoms with Gasteiger partial charge in [-0.05, 0) is 38.0 Å². The summed E-state index contributed by atoms with van der Waals surface area (Å²) in [5, 5.41) is 20.8. The Bertz CT molecular complexity index is 300. The molecule has 110 valence electrons. The second kappa shape index (κ2) is 8.15. The molecule has 0 bridgehead atoms. The Morgan fingerprint density at radius 2 is 1.95 bits per heavy atom. The molecule has 0 aliphatic heterocycles. The normalized spacial score (nSPS) is 24.1. The fourth-order valence-corrected chi connectivity index (χ4v) is 2.77. The third-order valence-electron chi connectivity index (χ3n) is 3.95. The van der Waals surface area contributed by atoms with Gasteiger partial charge < -0.3 is 15.5 Å². The van der Waals surface area contributed by atoms with Crippen molar-refractivity contribution in [1.29, 1.82) is 0 Å².